The van der Waals surface area contributed by atoms with Crippen molar-refractivity contribution in [3.63, 3.8) is 0 Å². The Kier molecular flexibility index (Phi) is 3.33. The lowest BCUT2D eigenvalue weighted by Gasteiger charge is -2.19. The van der Waals surface area contributed by atoms with Gasteiger partial charge in [0.15, 0.2) is 5.82 Å². The number of alkyl halides is 1. The Morgan fingerprint density at radius 2 is 2.38 bits per heavy atom. The van der Waals surface area contributed by atoms with Crippen molar-refractivity contribution in [3.05, 3.63) is 22.7 Å². The number of aromatic nitrogens is 2. The monoisotopic (exact) mass is 285 g/mol. The van der Waals surface area contributed by atoms with Crippen LogP contribution in [-0.4, -0.2) is 28.0 Å². The zero-order chi connectivity index (χ0) is 11.7. The van der Waals surface area contributed by atoms with Gasteiger partial charge in [-0.25, -0.2) is 4.98 Å². The van der Waals surface area contributed by atoms with Crippen molar-refractivity contribution in [1.29, 1.82) is 0 Å². The third-order valence-corrected chi connectivity index (χ3v) is 2.97. The van der Waals surface area contributed by atoms with Crippen molar-refractivity contribution < 1.29 is 0 Å². The Bertz CT molecular complexity index is 425. The minimum absolute atomic E-state index is 0.0284. The van der Waals surface area contributed by atoms with Gasteiger partial charge in [-0.2, -0.15) is 0 Å². The second kappa shape index (κ2) is 4.57. The maximum Gasteiger partial charge on any atom is 0.293 e. The average molecular weight is 286 g/mol. The fourth-order valence-electron chi connectivity index (χ4n) is 1.78. The third kappa shape index (κ3) is 2.45. The van der Waals surface area contributed by atoms with E-state index in [0.29, 0.717) is 16.7 Å². The molecule has 1 fully saturated rings. The number of nitrogens with zero attached hydrogens (tertiary/aromatic N) is 3. The van der Waals surface area contributed by atoms with E-state index in [1.54, 1.807) is 17.0 Å². The standard InChI is InChI=1S/C11H16BrN3O/c1-8(12)7-14(2)10-11(16)15(6-5-13-10)9-3-4-9/h5-6,8-9H,3-4,7H2,1-2H3. The van der Waals surface area contributed by atoms with Crippen LogP contribution < -0.4 is 10.5 Å². The highest BCUT2D eigenvalue weighted by Gasteiger charge is 2.25. The van der Waals surface area contributed by atoms with E-state index in [2.05, 4.69) is 27.8 Å². The molecule has 88 valence electrons. The Hall–Kier alpha value is -0.840. The van der Waals surface area contributed by atoms with Crippen LogP contribution >= 0.6 is 15.9 Å². The quantitative estimate of drug-likeness (QED) is 0.792. The Morgan fingerprint density at radius 3 is 2.94 bits per heavy atom. The molecule has 0 aliphatic heterocycles. The summed E-state index contributed by atoms with van der Waals surface area (Å²) in [5.74, 6) is 0.542. The van der Waals surface area contributed by atoms with Gasteiger partial charge in [0.2, 0.25) is 0 Å². The maximum atomic E-state index is 12.1. The molecule has 0 N–H and O–H groups in total. The molecule has 1 aromatic heterocycles. The summed E-state index contributed by atoms with van der Waals surface area (Å²) in [4.78, 5) is 18.5. The van der Waals surface area contributed by atoms with E-state index in [9.17, 15) is 4.79 Å². The van der Waals surface area contributed by atoms with Gasteiger partial charge in [-0.3, -0.25) is 4.79 Å². The van der Waals surface area contributed by atoms with Gasteiger partial charge in [-0.1, -0.05) is 22.9 Å². The van der Waals surface area contributed by atoms with Crippen LogP contribution in [-0.2, 0) is 0 Å². The van der Waals surface area contributed by atoms with Crippen molar-refractivity contribution in [3.8, 4) is 0 Å². The van der Waals surface area contributed by atoms with Gasteiger partial charge in [0, 0.05) is 36.9 Å². The molecule has 5 heteroatoms. The van der Waals surface area contributed by atoms with Crippen LogP contribution in [0.15, 0.2) is 17.2 Å². The van der Waals surface area contributed by atoms with E-state index in [4.69, 9.17) is 0 Å². The lowest BCUT2D eigenvalue weighted by atomic mass is 10.4. The van der Waals surface area contributed by atoms with Gasteiger partial charge in [0.1, 0.15) is 0 Å². The van der Waals surface area contributed by atoms with E-state index in [0.717, 1.165) is 19.4 Å². The normalized spacial score (nSPS) is 17.2. The summed E-state index contributed by atoms with van der Waals surface area (Å²) >= 11 is 3.48. The van der Waals surface area contributed by atoms with E-state index < -0.39 is 0 Å². The van der Waals surface area contributed by atoms with Crippen LogP contribution in [0.5, 0.6) is 0 Å². The predicted octanol–water partition coefficient (Wildman–Crippen LogP) is 1.80. The smallest absolute Gasteiger partial charge is 0.293 e. The van der Waals surface area contributed by atoms with Crippen molar-refractivity contribution in [2.75, 3.05) is 18.5 Å². The summed E-state index contributed by atoms with van der Waals surface area (Å²) in [6.45, 7) is 2.83. The van der Waals surface area contributed by atoms with E-state index in [-0.39, 0.29) is 5.56 Å². The van der Waals surface area contributed by atoms with Crippen LogP contribution in [0.3, 0.4) is 0 Å². The van der Waals surface area contributed by atoms with Gasteiger partial charge in [-0.05, 0) is 12.8 Å². The Morgan fingerprint density at radius 1 is 1.69 bits per heavy atom. The Labute approximate surface area is 103 Å². The molecule has 1 aliphatic rings. The van der Waals surface area contributed by atoms with E-state index >= 15 is 0 Å². The molecule has 1 unspecified atom stereocenters. The highest BCUT2D eigenvalue weighted by atomic mass is 79.9. The number of anilines is 1. The first kappa shape index (κ1) is 11.6. The van der Waals surface area contributed by atoms with Crippen LogP contribution in [0.25, 0.3) is 0 Å². The van der Waals surface area contributed by atoms with Crippen LogP contribution in [0, 0.1) is 0 Å². The summed E-state index contributed by atoms with van der Waals surface area (Å²) in [5, 5.41) is 0. The van der Waals surface area contributed by atoms with E-state index in [1.807, 2.05) is 11.9 Å². The summed E-state index contributed by atoms with van der Waals surface area (Å²) in [6, 6.07) is 0.407. The topological polar surface area (TPSA) is 38.1 Å². The zero-order valence-corrected chi connectivity index (χ0v) is 11.1. The fraction of sp³-hybridized carbons (Fsp3) is 0.636. The molecule has 1 atom stereocenters. The second-order valence-electron chi connectivity index (χ2n) is 4.36. The van der Waals surface area contributed by atoms with Crippen LogP contribution in [0.2, 0.25) is 0 Å². The molecule has 0 amide bonds. The first-order valence-electron chi connectivity index (χ1n) is 5.52. The summed E-state index contributed by atoms with van der Waals surface area (Å²) in [6.07, 6.45) is 5.73. The second-order valence-corrected chi connectivity index (χ2v) is 5.92. The largest absolute Gasteiger partial charge is 0.354 e. The van der Waals surface area contributed by atoms with Crippen molar-refractivity contribution in [2.45, 2.75) is 30.6 Å². The molecule has 1 aromatic rings. The molecule has 0 radical (unpaired) electrons. The highest BCUT2D eigenvalue weighted by Crippen LogP contribution is 2.33. The molecule has 2 rings (SSSR count). The van der Waals surface area contributed by atoms with Gasteiger partial charge in [0.25, 0.3) is 5.56 Å². The highest BCUT2D eigenvalue weighted by molar-refractivity contribution is 9.09. The Balaban J connectivity index is 2.26. The van der Waals surface area contributed by atoms with Crippen molar-refractivity contribution in [2.24, 2.45) is 0 Å². The molecule has 0 aromatic carbocycles. The third-order valence-electron chi connectivity index (χ3n) is 2.68. The molecule has 1 saturated carbocycles. The SMILES string of the molecule is CC(Br)CN(C)c1nccn(C2CC2)c1=O. The first-order chi connectivity index (χ1) is 7.59. The minimum atomic E-state index is 0.0284. The lowest BCUT2D eigenvalue weighted by molar-refractivity contribution is 0.690. The molecule has 0 bridgehead atoms. The first-order valence-corrected chi connectivity index (χ1v) is 6.43. The summed E-state index contributed by atoms with van der Waals surface area (Å²) in [5.41, 5.74) is 0.0284. The predicted molar refractivity (Wildman–Crippen MR) is 68.4 cm³/mol. The van der Waals surface area contributed by atoms with Gasteiger partial charge >= 0.3 is 0 Å². The maximum absolute atomic E-state index is 12.1. The fourth-order valence-corrected chi connectivity index (χ4v) is 2.21. The van der Waals surface area contributed by atoms with Crippen molar-refractivity contribution in [1.82, 2.24) is 9.55 Å². The minimum Gasteiger partial charge on any atom is -0.354 e. The lowest BCUT2D eigenvalue weighted by Crippen LogP contribution is -2.33. The van der Waals surface area contributed by atoms with Gasteiger partial charge in [-0.15, -0.1) is 0 Å². The van der Waals surface area contributed by atoms with Crippen LogP contribution in [0.4, 0.5) is 5.82 Å². The average Bonchev–Trinajstić information content (AvgIpc) is 3.00. The van der Waals surface area contributed by atoms with Crippen LogP contribution in [0.1, 0.15) is 25.8 Å². The molecule has 4 nitrogen and oxygen atoms in total. The molecule has 16 heavy (non-hydrogen) atoms. The number of hydrogen-bond donors (Lipinski definition) is 0. The molecular formula is C11H16BrN3O. The summed E-state index contributed by atoms with van der Waals surface area (Å²) in [7, 11) is 1.90. The number of halogens is 1. The number of rotatable bonds is 4. The molecule has 0 saturated heterocycles. The molecular weight excluding hydrogens is 270 g/mol. The molecule has 1 aliphatic carbocycles. The summed E-state index contributed by atoms with van der Waals surface area (Å²) < 4.78 is 1.80. The molecule has 0 spiro atoms. The zero-order valence-electron chi connectivity index (χ0n) is 9.56. The van der Waals surface area contributed by atoms with E-state index in [1.165, 1.54) is 0 Å². The van der Waals surface area contributed by atoms with Gasteiger partial charge < -0.3 is 9.47 Å². The molecule has 1 heterocycles. The number of hydrogen-bond acceptors (Lipinski definition) is 3. The van der Waals surface area contributed by atoms with Crippen molar-refractivity contribution >= 4 is 21.7 Å². The van der Waals surface area contributed by atoms with Gasteiger partial charge in [0.05, 0.1) is 0 Å².